The van der Waals surface area contributed by atoms with Crippen molar-refractivity contribution in [3.63, 3.8) is 0 Å². The molecule has 3 aromatic rings. The number of nitrogens with one attached hydrogen (secondary N) is 1. The Labute approximate surface area is 219 Å². The molecule has 2 aliphatic rings. The number of morpholine rings is 1. The molecule has 3 heterocycles. The van der Waals surface area contributed by atoms with Gasteiger partial charge in [0.1, 0.15) is 18.7 Å². The number of ether oxygens (including phenoxy) is 4. The number of ketones is 1. The summed E-state index contributed by atoms with van der Waals surface area (Å²) in [6.45, 7) is 3.89. The third kappa shape index (κ3) is 4.57. The van der Waals surface area contributed by atoms with Crippen LogP contribution in [-0.2, 0) is 9.53 Å². The number of rotatable bonds is 9. The fourth-order valence-electron chi connectivity index (χ4n) is 5.14. The van der Waals surface area contributed by atoms with Crippen molar-refractivity contribution in [1.29, 1.82) is 0 Å². The summed E-state index contributed by atoms with van der Waals surface area (Å²) >= 11 is 0. The summed E-state index contributed by atoms with van der Waals surface area (Å²) < 4.78 is 27.8. The van der Waals surface area contributed by atoms with Crippen molar-refractivity contribution < 1.29 is 43.0 Å². The summed E-state index contributed by atoms with van der Waals surface area (Å²) in [4.78, 5) is 30.1. The van der Waals surface area contributed by atoms with Gasteiger partial charge in [-0.1, -0.05) is 18.2 Å². The highest BCUT2D eigenvalue weighted by Crippen LogP contribution is 2.45. The fraction of sp³-hybridized carbons (Fsp3) is 0.357. The number of benzene rings is 2. The Morgan fingerprint density at radius 3 is 2.37 bits per heavy atom. The molecular formula is C28H31N2O8+. The number of quaternary nitrogens is 1. The second-order valence-corrected chi connectivity index (χ2v) is 9.21. The number of fused-ring (bicyclic) bond motifs is 1. The third-order valence-electron chi connectivity index (χ3n) is 7.11. The zero-order chi connectivity index (χ0) is 26.8. The predicted octanol–water partition coefficient (Wildman–Crippen LogP) is 1.95. The second kappa shape index (κ2) is 10.8. The molecule has 1 atom stereocenters. The first kappa shape index (κ1) is 25.6. The average molecular weight is 524 g/mol. The molecule has 2 aliphatic heterocycles. The van der Waals surface area contributed by atoms with Crippen LogP contribution in [0, 0.1) is 0 Å². The summed E-state index contributed by atoms with van der Waals surface area (Å²) in [7, 11) is 4.49. The molecule has 2 aromatic carbocycles. The fourth-order valence-corrected chi connectivity index (χ4v) is 5.14. The van der Waals surface area contributed by atoms with E-state index in [4.69, 9.17) is 23.4 Å². The summed E-state index contributed by atoms with van der Waals surface area (Å²) in [5, 5.41) is 11.8. The molecular weight excluding hydrogens is 492 g/mol. The third-order valence-corrected chi connectivity index (χ3v) is 7.11. The minimum Gasteiger partial charge on any atom is -0.503 e. The lowest BCUT2D eigenvalue weighted by Crippen LogP contribution is -3.14. The number of amides is 1. The zero-order valence-electron chi connectivity index (χ0n) is 21.6. The summed E-state index contributed by atoms with van der Waals surface area (Å²) in [5.74, 6) is -0.608. The first-order valence-electron chi connectivity index (χ1n) is 12.5. The minimum absolute atomic E-state index is 0.0404. The maximum absolute atomic E-state index is 13.8. The van der Waals surface area contributed by atoms with Crippen molar-refractivity contribution in [3.05, 3.63) is 65.1 Å². The zero-order valence-corrected chi connectivity index (χ0v) is 21.6. The van der Waals surface area contributed by atoms with E-state index >= 15 is 0 Å². The molecule has 0 bridgehead atoms. The van der Waals surface area contributed by atoms with Crippen molar-refractivity contribution >= 4 is 22.7 Å². The Balaban J connectivity index is 1.58. The largest absolute Gasteiger partial charge is 0.503 e. The lowest BCUT2D eigenvalue weighted by Gasteiger charge is -2.30. The number of aliphatic hydroxyl groups is 1. The number of hydrogen-bond donors (Lipinski definition) is 2. The van der Waals surface area contributed by atoms with Gasteiger partial charge in [0.25, 0.3) is 5.91 Å². The molecule has 5 rings (SSSR count). The Hall–Kier alpha value is -4.02. The van der Waals surface area contributed by atoms with Gasteiger partial charge in [-0.3, -0.25) is 9.59 Å². The van der Waals surface area contributed by atoms with Crippen LogP contribution >= 0.6 is 0 Å². The first-order chi connectivity index (χ1) is 18.5. The smallest absolute Gasteiger partial charge is 0.290 e. The second-order valence-electron chi connectivity index (χ2n) is 9.21. The SMILES string of the molecule is COc1cc([C@@H]2C(C(=O)c3cc4ccccc4o3)=C(O)C(=O)N2CC[NH+]2CCOCC2)cc(OC)c1OC. The van der Waals surface area contributed by atoms with E-state index in [0.29, 0.717) is 54.7 Å². The van der Waals surface area contributed by atoms with Gasteiger partial charge in [0.15, 0.2) is 23.0 Å². The average Bonchev–Trinajstić information content (AvgIpc) is 3.50. The number of aliphatic hydroxyl groups excluding tert-OH is 1. The number of carbonyl (C=O) groups excluding carboxylic acids is 2. The number of Topliss-reactive ketones (excluding diaryl/α,β-unsaturated/α-hetero) is 1. The quantitative estimate of drug-likeness (QED) is 0.410. The molecule has 1 aromatic heterocycles. The van der Waals surface area contributed by atoms with Crippen molar-refractivity contribution in [1.82, 2.24) is 4.90 Å². The van der Waals surface area contributed by atoms with E-state index in [1.807, 2.05) is 18.2 Å². The number of nitrogens with zero attached hydrogens (tertiary/aromatic N) is 1. The number of furan rings is 1. The molecule has 10 nitrogen and oxygen atoms in total. The molecule has 38 heavy (non-hydrogen) atoms. The van der Waals surface area contributed by atoms with Crippen molar-refractivity contribution in [3.8, 4) is 17.2 Å². The van der Waals surface area contributed by atoms with Crippen LogP contribution in [0.4, 0.5) is 0 Å². The molecule has 1 saturated heterocycles. The Bertz CT molecular complexity index is 1330. The van der Waals surface area contributed by atoms with Crippen LogP contribution in [0.2, 0.25) is 0 Å². The van der Waals surface area contributed by atoms with Gasteiger partial charge in [-0.25, -0.2) is 0 Å². The molecule has 1 amide bonds. The van der Waals surface area contributed by atoms with Crippen LogP contribution in [0.5, 0.6) is 17.2 Å². The van der Waals surface area contributed by atoms with E-state index in [2.05, 4.69) is 0 Å². The van der Waals surface area contributed by atoms with Gasteiger partial charge in [0, 0.05) is 5.39 Å². The number of methoxy groups -OCH3 is 3. The summed E-state index contributed by atoms with van der Waals surface area (Å²) in [6, 6.07) is 11.4. The predicted molar refractivity (Wildman–Crippen MR) is 137 cm³/mol. The Morgan fingerprint density at radius 2 is 1.74 bits per heavy atom. The lowest BCUT2D eigenvalue weighted by molar-refractivity contribution is -0.907. The van der Waals surface area contributed by atoms with Gasteiger partial charge < -0.3 is 38.3 Å². The highest BCUT2D eigenvalue weighted by molar-refractivity contribution is 6.16. The highest BCUT2D eigenvalue weighted by Gasteiger charge is 2.45. The van der Waals surface area contributed by atoms with Crippen LogP contribution in [0.1, 0.15) is 22.2 Å². The van der Waals surface area contributed by atoms with Gasteiger partial charge in [-0.05, 0) is 29.8 Å². The van der Waals surface area contributed by atoms with E-state index in [0.717, 1.165) is 18.5 Å². The van der Waals surface area contributed by atoms with Crippen LogP contribution in [0.25, 0.3) is 11.0 Å². The molecule has 0 spiro atoms. The number of para-hydroxylation sites is 1. The molecule has 1 fully saturated rings. The van der Waals surface area contributed by atoms with Gasteiger partial charge in [-0.2, -0.15) is 0 Å². The summed E-state index contributed by atoms with van der Waals surface area (Å²) in [6.07, 6.45) is 0. The lowest BCUT2D eigenvalue weighted by atomic mass is 9.94. The molecule has 0 unspecified atom stereocenters. The van der Waals surface area contributed by atoms with E-state index in [9.17, 15) is 14.7 Å². The Kier molecular flexibility index (Phi) is 7.26. The van der Waals surface area contributed by atoms with Crippen LogP contribution in [0.3, 0.4) is 0 Å². The molecule has 200 valence electrons. The van der Waals surface area contributed by atoms with Gasteiger partial charge in [-0.15, -0.1) is 0 Å². The van der Waals surface area contributed by atoms with E-state index in [-0.39, 0.29) is 11.3 Å². The topological polar surface area (TPSA) is 112 Å². The number of hydrogen-bond acceptors (Lipinski definition) is 8. The van der Waals surface area contributed by atoms with Crippen LogP contribution < -0.4 is 19.1 Å². The molecule has 0 saturated carbocycles. The standard InChI is InChI=1S/C28H30N2O8/c1-34-21-15-18(16-22(35-2)27(21)36-3)24-23(25(31)20-14-17-6-4-5-7-19(17)38-20)26(32)28(33)30(24)9-8-29-10-12-37-13-11-29/h4-7,14-16,24,32H,8-13H2,1-3H3/p+1/t24-/m1/s1. The van der Waals surface area contributed by atoms with Crippen LogP contribution in [0.15, 0.2) is 58.2 Å². The molecule has 0 radical (unpaired) electrons. The molecule has 10 heteroatoms. The van der Waals surface area contributed by atoms with Crippen molar-refractivity contribution in [2.75, 3.05) is 60.7 Å². The maximum Gasteiger partial charge on any atom is 0.290 e. The normalized spacial score (nSPS) is 18.3. The van der Waals surface area contributed by atoms with E-state index in [1.165, 1.54) is 31.1 Å². The molecule has 0 aliphatic carbocycles. The number of carbonyl (C=O) groups is 2. The van der Waals surface area contributed by atoms with Crippen molar-refractivity contribution in [2.24, 2.45) is 0 Å². The summed E-state index contributed by atoms with van der Waals surface area (Å²) in [5.41, 5.74) is 1.02. The van der Waals surface area contributed by atoms with E-state index < -0.39 is 23.5 Å². The highest BCUT2D eigenvalue weighted by atomic mass is 16.5. The molecule has 2 N–H and O–H groups in total. The Morgan fingerprint density at radius 1 is 1.05 bits per heavy atom. The first-order valence-corrected chi connectivity index (χ1v) is 12.5. The van der Waals surface area contributed by atoms with Crippen molar-refractivity contribution in [2.45, 2.75) is 6.04 Å². The maximum atomic E-state index is 13.8. The van der Waals surface area contributed by atoms with Gasteiger partial charge in [0.05, 0.1) is 59.2 Å². The van der Waals surface area contributed by atoms with E-state index in [1.54, 1.807) is 24.3 Å². The van der Waals surface area contributed by atoms with Gasteiger partial charge >= 0.3 is 0 Å². The van der Waals surface area contributed by atoms with Gasteiger partial charge in [0.2, 0.25) is 11.5 Å². The minimum atomic E-state index is -0.891. The van der Waals surface area contributed by atoms with Crippen LogP contribution in [-0.4, -0.2) is 82.4 Å². The monoisotopic (exact) mass is 523 g/mol.